The van der Waals surface area contributed by atoms with Crippen molar-refractivity contribution < 1.29 is 0 Å². The van der Waals surface area contributed by atoms with Gasteiger partial charge in [0.1, 0.15) is 0 Å². The van der Waals surface area contributed by atoms with Crippen LogP contribution in [0.3, 0.4) is 0 Å². The van der Waals surface area contributed by atoms with E-state index >= 15 is 0 Å². The maximum atomic E-state index is 5.61. The molecule has 1 aliphatic heterocycles. The second kappa shape index (κ2) is 18.7. The van der Waals surface area contributed by atoms with Crippen molar-refractivity contribution in [3.63, 3.8) is 0 Å². The van der Waals surface area contributed by atoms with Gasteiger partial charge in [0.25, 0.3) is 0 Å². The van der Waals surface area contributed by atoms with E-state index in [1.54, 1.807) is 0 Å². The summed E-state index contributed by atoms with van der Waals surface area (Å²) >= 11 is 34.2. The lowest BCUT2D eigenvalue weighted by Gasteiger charge is -2.34. The van der Waals surface area contributed by atoms with Crippen molar-refractivity contribution in [3.8, 4) is 0 Å². The topological polar surface area (TPSA) is 37.1 Å². The van der Waals surface area contributed by atoms with Gasteiger partial charge >= 0.3 is 0 Å². The minimum absolute atomic E-state index is 0.840. The monoisotopic (exact) mass is 675 g/mol. The summed E-state index contributed by atoms with van der Waals surface area (Å²) < 4.78 is 16.8. The van der Waals surface area contributed by atoms with Gasteiger partial charge in [0.2, 0.25) is 0 Å². The smallest absolute Gasteiger partial charge is 0.190 e. The molecule has 0 radical (unpaired) electrons. The highest BCUT2D eigenvalue weighted by atomic mass is 33.1. The summed E-state index contributed by atoms with van der Waals surface area (Å²) in [6, 6.07) is 0. The van der Waals surface area contributed by atoms with Crippen molar-refractivity contribution in [2.45, 2.75) is 13.3 Å². The fourth-order valence-corrected chi connectivity index (χ4v) is 49.9. The lowest BCUT2D eigenvalue weighted by molar-refractivity contribution is 1.11. The fourth-order valence-electron chi connectivity index (χ4n) is 1.91. The molecule has 1 atom stereocenters. The van der Waals surface area contributed by atoms with Crippen molar-refractivity contribution in [2.24, 2.45) is 13.5 Å². The van der Waals surface area contributed by atoms with Gasteiger partial charge in [0.15, 0.2) is 16.8 Å². The molecule has 30 heavy (non-hydrogen) atoms. The van der Waals surface area contributed by atoms with Crippen LogP contribution in [0.1, 0.15) is 13.3 Å². The third kappa shape index (κ3) is 11.7. The average molecular weight is 676 g/mol. The molecular weight excluding hydrogens is 644 g/mol. The molecule has 0 saturated carbocycles. The summed E-state index contributed by atoms with van der Waals surface area (Å²) in [5, 5.41) is 0. The molecule has 0 aromatic heterocycles. The van der Waals surface area contributed by atoms with Crippen LogP contribution in [0, 0.1) is 0 Å². The highest BCUT2D eigenvalue weighted by Crippen LogP contribution is 2.96. The van der Waals surface area contributed by atoms with Crippen LogP contribution in [-0.4, -0.2) is 63.3 Å². The minimum atomic E-state index is -1.99. The molecule has 1 unspecified atom stereocenters. The number of thiol groups is 5. The first kappa shape index (κ1) is 32.6. The molecule has 1 aliphatic rings. The fraction of sp³-hybridized carbons (Fsp3) is 1.00. The van der Waals surface area contributed by atoms with E-state index in [2.05, 4.69) is 70.1 Å². The van der Waals surface area contributed by atoms with Gasteiger partial charge in [-0.3, -0.25) is 0 Å². The third-order valence-corrected chi connectivity index (χ3v) is 38.4. The Morgan fingerprint density at radius 2 is 0.700 bits per heavy atom. The van der Waals surface area contributed by atoms with E-state index in [1.807, 2.05) is 68.3 Å². The van der Waals surface area contributed by atoms with Gasteiger partial charge in [-0.15, -0.1) is 0 Å². The number of rotatable bonds is 18. The minimum Gasteiger partial charge on any atom is -0.202 e. The lowest BCUT2D eigenvalue weighted by Crippen LogP contribution is -1.89. The predicted molar refractivity (Wildman–Crippen MR) is 182 cm³/mol. The van der Waals surface area contributed by atoms with Gasteiger partial charge in [-0.05, 0) is 35.2 Å². The molecule has 0 aromatic rings. The molecule has 1 rings (SSSR count). The number of hydrogen-bond acceptors (Lipinski definition) is 14. The molecule has 0 bridgehead atoms. The van der Waals surface area contributed by atoms with Crippen molar-refractivity contribution in [2.75, 3.05) is 63.3 Å². The standard InChI is InChI=1S/C13H32N3P3S11/c1-2-8-25-17(26-9-3-20)14-18(27-10-4-21,28-11-5-22)16-19(15-17,29-12-6-23)30-13-7-24/h20-24H,2-13H2,1H3. The first-order valence-corrected chi connectivity index (χ1v) is 27.1. The van der Waals surface area contributed by atoms with E-state index in [1.165, 1.54) is 0 Å². The molecule has 0 amide bonds. The largest absolute Gasteiger partial charge is 0.202 e. The predicted octanol–water partition coefficient (Wildman–Crippen LogP) is 10.3. The van der Waals surface area contributed by atoms with E-state index in [0.717, 1.165) is 69.7 Å². The van der Waals surface area contributed by atoms with Crippen molar-refractivity contribution in [3.05, 3.63) is 0 Å². The van der Waals surface area contributed by atoms with E-state index in [4.69, 9.17) is 13.5 Å². The van der Waals surface area contributed by atoms with Crippen molar-refractivity contribution >= 4 is 148 Å². The van der Waals surface area contributed by atoms with Crippen LogP contribution in [0.25, 0.3) is 0 Å². The zero-order chi connectivity index (χ0) is 22.3. The maximum absolute atomic E-state index is 5.61. The Balaban J connectivity index is 3.71. The van der Waals surface area contributed by atoms with Gasteiger partial charge in [-0.2, -0.15) is 63.1 Å². The Bertz CT molecular complexity index is 511. The number of nitrogens with zero attached hydrogens (tertiary/aromatic N) is 3. The molecule has 0 saturated heterocycles. The van der Waals surface area contributed by atoms with Gasteiger partial charge < -0.3 is 0 Å². The van der Waals surface area contributed by atoms with Crippen LogP contribution in [0.15, 0.2) is 13.5 Å². The second-order valence-electron chi connectivity index (χ2n) is 5.36. The zero-order valence-corrected chi connectivity index (χ0v) is 28.9. The quantitative estimate of drug-likeness (QED) is 0.0736. The van der Waals surface area contributed by atoms with Crippen LogP contribution in [-0.2, 0) is 0 Å². The Hall–Kier alpha value is 4.54. The van der Waals surface area contributed by atoms with E-state index in [0.29, 0.717) is 0 Å². The molecule has 0 spiro atoms. The Kier molecular flexibility index (Phi) is 20.3. The molecule has 0 fully saturated rings. The van der Waals surface area contributed by atoms with Crippen molar-refractivity contribution in [1.82, 2.24) is 0 Å². The summed E-state index contributed by atoms with van der Waals surface area (Å²) in [5.41, 5.74) is -5.96. The SMILES string of the molecule is CCCSP1(SCCS)=NP(SCCS)(SCCS)=NP(SCCS)(SCCS)=N1. The summed E-state index contributed by atoms with van der Waals surface area (Å²) in [4.78, 5) is 0. The summed E-state index contributed by atoms with van der Waals surface area (Å²) in [6.45, 7) is 2.24. The molecule has 180 valence electrons. The summed E-state index contributed by atoms with van der Waals surface area (Å²) in [5.74, 6) is 10.1. The van der Waals surface area contributed by atoms with Gasteiger partial charge in [-0.25, -0.2) is 13.5 Å². The van der Waals surface area contributed by atoms with Gasteiger partial charge in [0, 0.05) is 34.5 Å². The van der Waals surface area contributed by atoms with Crippen LogP contribution < -0.4 is 0 Å². The first-order valence-electron chi connectivity index (χ1n) is 9.32. The first-order chi connectivity index (χ1) is 14.5. The molecule has 17 heteroatoms. The van der Waals surface area contributed by atoms with Crippen molar-refractivity contribution in [1.29, 1.82) is 0 Å². The van der Waals surface area contributed by atoms with Crippen LogP contribution >= 0.6 is 148 Å². The highest BCUT2D eigenvalue weighted by Gasteiger charge is 2.38. The molecule has 0 N–H and O–H groups in total. The Labute approximate surface area is 235 Å². The van der Waals surface area contributed by atoms with Gasteiger partial charge in [-0.1, -0.05) is 75.2 Å². The van der Waals surface area contributed by atoms with Gasteiger partial charge in [0.05, 0.1) is 0 Å². The van der Waals surface area contributed by atoms with E-state index in [-0.39, 0.29) is 0 Å². The van der Waals surface area contributed by atoms with Crippen LogP contribution in [0.5, 0.6) is 0 Å². The third-order valence-electron chi connectivity index (χ3n) is 2.90. The van der Waals surface area contributed by atoms with Crippen LogP contribution in [0.4, 0.5) is 0 Å². The summed E-state index contributed by atoms with van der Waals surface area (Å²) in [6.07, 6.45) is 1.13. The number of hydrogen-bond donors (Lipinski definition) is 5. The van der Waals surface area contributed by atoms with E-state index in [9.17, 15) is 0 Å². The molecule has 1 heterocycles. The average Bonchev–Trinajstić information content (AvgIpc) is 2.76. The normalized spacial score (nSPS) is 22.2. The Morgan fingerprint density at radius 3 is 0.900 bits per heavy atom. The lowest BCUT2D eigenvalue weighted by atomic mass is 10.6. The van der Waals surface area contributed by atoms with E-state index < -0.39 is 16.8 Å². The molecular formula is C13H32N3P3S11. The second-order valence-corrected chi connectivity index (χ2v) is 32.6. The molecule has 0 aromatic carbocycles. The molecule has 0 aliphatic carbocycles. The Morgan fingerprint density at radius 1 is 0.467 bits per heavy atom. The zero-order valence-electron chi connectivity index (χ0n) is 16.9. The summed E-state index contributed by atoms with van der Waals surface area (Å²) in [7, 11) is 0. The maximum Gasteiger partial charge on any atom is 0.190 e. The molecule has 3 nitrogen and oxygen atoms in total. The highest BCUT2D eigenvalue weighted by molar-refractivity contribution is 9.00. The van der Waals surface area contributed by atoms with Crippen LogP contribution in [0.2, 0.25) is 0 Å².